The number of benzene rings is 1. The van der Waals surface area contributed by atoms with Gasteiger partial charge in [0, 0.05) is 30.3 Å². The minimum atomic E-state index is -0.232. The number of aromatic nitrogens is 2. The van der Waals surface area contributed by atoms with E-state index >= 15 is 0 Å². The van der Waals surface area contributed by atoms with E-state index in [0.717, 1.165) is 15.9 Å². The van der Waals surface area contributed by atoms with E-state index in [-0.39, 0.29) is 11.9 Å². The van der Waals surface area contributed by atoms with Crippen molar-refractivity contribution < 1.29 is 4.79 Å². The Bertz CT molecular complexity index is 604. The lowest BCUT2D eigenvalue weighted by atomic mass is 10.0. The van der Waals surface area contributed by atoms with E-state index in [9.17, 15) is 4.79 Å². The standard InChI is InChI=1S/C16H20BrN3O/c1-11(2)10-14(21)19-15(16-18-8-9-20(16)3)12-4-6-13(17)7-5-12/h4-9,11,15H,10H2,1-3H3,(H,19,21). The van der Waals surface area contributed by atoms with E-state index in [4.69, 9.17) is 0 Å². The number of carbonyl (C=O) groups is 1. The molecular weight excluding hydrogens is 330 g/mol. The van der Waals surface area contributed by atoms with Crippen LogP contribution >= 0.6 is 15.9 Å². The second-order valence-electron chi connectivity index (χ2n) is 5.55. The summed E-state index contributed by atoms with van der Waals surface area (Å²) >= 11 is 3.43. The summed E-state index contributed by atoms with van der Waals surface area (Å²) < 4.78 is 2.95. The summed E-state index contributed by atoms with van der Waals surface area (Å²) in [6.07, 6.45) is 4.14. The molecule has 1 amide bonds. The van der Waals surface area contributed by atoms with Crippen LogP contribution in [0, 0.1) is 5.92 Å². The van der Waals surface area contributed by atoms with Gasteiger partial charge in [0.25, 0.3) is 0 Å². The Balaban J connectivity index is 2.29. The number of carbonyl (C=O) groups excluding carboxylic acids is 1. The monoisotopic (exact) mass is 349 g/mol. The van der Waals surface area contributed by atoms with Crippen molar-refractivity contribution in [2.45, 2.75) is 26.3 Å². The van der Waals surface area contributed by atoms with Crippen LogP contribution in [-0.4, -0.2) is 15.5 Å². The van der Waals surface area contributed by atoms with Crippen molar-refractivity contribution in [1.82, 2.24) is 14.9 Å². The van der Waals surface area contributed by atoms with Crippen molar-refractivity contribution in [2.24, 2.45) is 13.0 Å². The van der Waals surface area contributed by atoms with Crippen LogP contribution in [0.1, 0.15) is 37.7 Å². The van der Waals surface area contributed by atoms with Crippen molar-refractivity contribution in [3.05, 3.63) is 52.5 Å². The van der Waals surface area contributed by atoms with Crippen LogP contribution in [0.15, 0.2) is 41.1 Å². The molecule has 1 N–H and O–H groups in total. The third-order valence-electron chi connectivity index (χ3n) is 3.22. The summed E-state index contributed by atoms with van der Waals surface area (Å²) in [7, 11) is 1.93. The summed E-state index contributed by atoms with van der Waals surface area (Å²) in [6.45, 7) is 4.07. The number of rotatable bonds is 5. The van der Waals surface area contributed by atoms with Crippen LogP contribution in [0.2, 0.25) is 0 Å². The molecule has 0 aliphatic carbocycles. The van der Waals surface area contributed by atoms with Gasteiger partial charge in [-0.1, -0.05) is 41.9 Å². The summed E-state index contributed by atoms with van der Waals surface area (Å²) in [5, 5.41) is 3.09. The average Bonchev–Trinajstić information content (AvgIpc) is 2.82. The van der Waals surface area contributed by atoms with Gasteiger partial charge in [0.2, 0.25) is 5.91 Å². The molecule has 1 unspecified atom stereocenters. The normalized spacial score (nSPS) is 12.4. The fourth-order valence-corrected chi connectivity index (χ4v) is 2.46. The average molecular weight is 350 g/mol. The Kier molecular flexibility index (Phi) is 5.17. The molecule has 1 aromatic heterocycles. The van der Waals surface area contributed by atoms with Crippen LogP contribution in [0.4, 0.5) is 0 Å². The molecule has 0 spiro atoms. The van der Waals surface area contributed by atoms with E-state index < -0.39 is 0 Å². The van der Waals surface area contributed by atoms with Crippen molar-refractivity contribution in [3.63, 3.8) is 0 Å². The molecule has 112 valence electrons. The molecule has 0 aliphatic heterocycles. The maximum atomic E-state index is 12.2. The Labute approximate surface area is 133 Å². The van der Waals surface area contributed by atoms with Gasteiger partial charge in [0.15, 0.2) is 0 Å². The van der Waals surface area contributed by atoms with Crippen LogP contribution in [0.5, 0.6) is 0 Å². The predicted octanol–water partition coefficient (Wildman–Crippen LogP) is 3.43. The maximum Gasteiger partial charge on any atom is 0.221 e. The number of hydrogen-bond acceptors (Lipinski definition) is 2. The molecule has 21 heavy (non-hydrogen) atoms. The molecule has 0 fully saturated rings. The van der Waals surface area contributed by atoms with Gasteiger partial charge in [-0.2, -0.15) is 0 Å². The number of aryl methyl sites for hydroxylation is 1. The van der Waals surface area contributed by atoms with Gasteiger partial charge in [-0.25, -0.2) is 4.98 Å². The maximum absolute atomic E-state index is 12.2. The quantitative estimate of drug-likeness (QED) is 0.898. The molecule has 0 saturated heterocycles. The lowest BCUT2D eigenvalue weighted by Gasteiger charge is -2.20. The van der Waals surface area contributed by atoms with Crippen molar-refractivity contribution >= 4 is 21.8 Å². The Hall–Kier alpha value is -1.62. The molecule has 5 heteroatoms. The molecule has 1 aromatic carbocycles. The topological polar surface area (TPSA) is 46.9 Å². The highest BCUT2D eigenvalue weighted by Gasteiger charge is 2.20. The van der Waals surface area contributed by atoms with Crippen LogP contribution in [0.3, 0.4) is 0 Å². The number of nitrogens with zero attached hydrogens (tertiary/aromatic N) is 2. The molecule has 1 atom stereocenters. The zero-order valence-electron chi connectivity index (χ0n) is 12.5. The second-order valence-corrected chi connectivity index (χ2v) is 6.46. The predicted molar refractivity (Wildman–Crippen MR) is 86.8 cm³/mol. The lowest BCUT2D eigenvalue weighted by Crippen LogP contribution is -2.31. The second kappa shape index (κ2) is 6.89. The van der Waals surface area contributed by atoms with E-state index in [1.54, 1.807) is 6.20 Å². The van der Waals surface area contributed by atoms with Gasteiger partial charge in [-0.05, 0) is 23.6 Å². The van der Waals surface area contributed by atoms with Gasteiger partial charge in [-0.3, -0.25) is 4.79 Å². The summed E-state index contributed by atoms with van der Waals surface area (Å²) in [4.78, 5) is 16.5. The van der Waals surface area contributed by atoms with Crippen LogP contribution in [-0.2, 0) is 11.8 Å². The Morgan fingerprint density at radius 3 is 2.52 bits per heavy atom. The van der Waals surface area contributed by atoms with Gasteiger partial charge < -0.3 is 9.88 Å². The zero-order chi connectivity index (χ0) is 15.4. The molecular formula is C16H20BrN3O. The Morgan fingerprint density at radius 1 is 1.33 bits per heavy atom. The van der Waals surface area contributed by atoms with Crippen molar-refractivity contribution in [3.8, 4) is 0 Å². The van der Waals surface area contributed by atoms with E-state index in [1.165, 1.54) is 0 Å². The van der Waals surface area contributed by atoms with Crippen molar-refractivity contribution in [2.75, 3.05) is 0 Å². The molecule has 2 rings (SSSR count). The smallest absolute Gasteiger partial charge is 0.221 e. The minimum absolute atomic E-state index is 0.0425. The first kappa shape index (κ1) is 15.8. The minimum Gasteiger partial charge on any atom is -0.342 e. The SMILES string of the molecule is CC(C)CC(=O)NC(c1ccc(Br)cc1)c1nccn1C. The van der Waals surface area contributed by atoms with Gasteiger partial charge in [-0.15, -0.1) is 0 Å². The van der Waals surface area contributed by atoms with Crippen LogP contribution in [0.25, 0.3) is 0 Å². The Morgan fingerprint density at radius 2 is 2.00 bits per heavy atom. The van der Waals surface area contributed by atoms with Crippen molar-refractivity contribution in [1.29, 1.82) is 0 Å². The number of hydrogen-bond donors (Lipinski definition) is 1. The third kappa shape index (κ3) is 4.17. The molecule has 0 bridgehead atoms. The molecule has 0 saturated carbocycles. The fraction of sp³-hybridized carbons (Fsp3) is 0.375. The van der Waals surface area contributed by atoms with Gasteiger partial charge in [0.05, 0.1) is 0 Å². The third-order valence-corrected chi connectivity index (χ3v) is 3.75. The highest BCUT2D eigenvalue weighted by molar-refractivity contribution is 9.10. The lowest BCUT2D eigenvalue weighted by molar-refractivity contribution is -0.122. The van der Waals surface area contributed by atoms with Crippen LogP contribution < -0.4 is 5.32 Å². The highest BCUT2D eigenvalue weighted by Crippen LogP contribution is 2.22. The van der Waals surface area contributed by atoms with Gasteiger partial charge in [0.1, 0.15) is 11.9 Å². The summed E-state index contributed by atoms with van der Waals surface area (Å²) in [6, 6.07) is 7.71. The first-order chi connectivity index (χ1) is 9.97. The molecule has 1 heterocycles. The van der Waals surface area contributed by atoms with E-state index in [0.29, 0.717) is 12.3 Å². The van der Waals surface area contributed by atoms with E-state index in [1.807, 2.05) is 55.9 Å². The van der Waals surface area contributed by atoms with Gasteiger partial charge >= 0.3 is 0 Å². The first-order valence-electron chi connectivity index (χ1n) is 6.99. The number of imidazole rings is 1. The first-order valence-corrected chi connectivity index (χ1v) is 7.78. The summed E-state index contributed by atoms with van der Waals surface area (Å²) in [5.74, 6) is 1.20. The number of amides is 1. The fourth-order valence-electron chi connectivity index (χ4n) is 2.20. The molecule has 0 aliphatic rings. The number of nitrogens with one attached hydrogen (secondary N) is 1. The number of halogens is 1. The van der Waals surface area contributed by atoms with E-state index in [2.05, 4.69) is 26.2 Å². The molecule has 0 radical (unpaired) electrons. The molecule has 4 nitrogen and oxygen atoms in total. The zero-order valence-corrected chi connectivity index (χ0v) is 14.1. The highest BCUT2D eigenvalue weighted by atomic mass is 79.9. The molecule has 2 aromatic rings. The largest absolute Gasteiger partial charge is 0.342 e. The summed E-state index contributed by atoms with van der Waals surface area (Å²) in [5.41, 5.74) is 1.02.